The van der Waals surface area contributed by atoms with Crippen LogP contribution in [0.2, 0.25) is 15.1 Å². The van der Waals surface area contributed by atoms with E-state index in [0.29, 0.717) is 26.8 Å². The Labute approximate surface area is 192 Å². The van der Waals surface area contributed by atoms with E-state index in [-0.39, 0.29) is 33.3 Å². The van der Waals surface area contributed by atoms with Crippen molar-refractivity contribution in [1.29, 1.82) is 0 Å². The van der Waals surface area contributed by atoms with Gasteiger partial charge in [0.1, 0.15) is 0 Å². The Kier molecular flexibility index (Phi) is 6.58. The lowest BCUT2D eigenvalue weighted by atomic mass is 10.2. The van der Waals surface area contributed by atoms with Gasteiger partial charge in [-0.05, 0) is 37.1 Å². The molecule has 3 aromatic rings. The Morgan fingerprint density at radius 3 is 2.50 bits per heavy atom. The molecule has 1 heterocycles. The van der Waals surface area contributed by atoms with E-state index in [4.69, 9.17) is 34.8 Å². The maximum Gasteiger partial charge on any atom is 0.262 e. The summed E-state index contributed by atoms with van der Waals surface area (Å²) in [7, 11) is 0. The van der Waals surface area contributed by atoms with Crippen molar-refractivity contribution in [2.75, 3.05) is 11.1 Å². The molecule has 1 aliphatic carbocycles. The maximum atomic E-state index is 13.2. The van der Waals surface area contributed by atoms with Crippen molar-refractivity contribution in [2.45, 2.75) is 36.9 Å². The topological polar surface area (TPSA) is 64.0 Å². The predicted molar refractivity (Wildman–Crippen MR) is 124 cm³/mol. The van der Waals surface area contributed by atoms with Crippen LogP contribution in [0.1, 0.15) is 31.7 Å². The molecule has 5 nitrogen and oxygen atoms in total. The normalized spacial score (nSPS) is 14.4. The highest BCUT2D eigenvalue weighted by atomic mass is 35.5. The minimum Gasteiger partial charge on any atom is -0.323 e. The van der Waals surface area contributed by atoms with Gasteiger partial charge in [0.15, 0.2) is 5.16 Å². The van der Waals surface area contributed by atoms with E-state index in [1.165, 1.54) is 23.9 Å². The fourth-order valence-electron chi connectivity index (χ4n) is 3.68. The molecule has 1 saturated carbocycles. The summed E-state index contributed by atoms with van der Waals surface area (Å²) in [5.74, 6) is -0.237. The molecule has 0 radical (unpaired) electrons. The van der Waals surface area contributed by atoms with Crippen molar-refractivity contribution >= 4 is 69.1 Å². The number of hydrogen-bond acceptors (Lipinski definition) is 4. The van der Waals surface area contributed by atoms with Crippen LogP contribution in [0.25, 0.3) is 10.9 Å². The zero-order chi connectivity index (χ0) is 21.3. The number of benzene rings is 2. The molecule has 1 fully saturated rings. The molecule has 1 aliphatic rings. The van der Waals surface area contributed by atoms with Gasteiger partial charge in [-0.15, -0.1) is 0 Å². The first-order chi connectivity index (χ1) is 14.4. The molecule has 156 valence electrons. The summed E-state index contributed by atoms with van der Waals surface area (Å²) in [4.78, 5) is 30.4. The quantitative estimate of drug-likeness (QED) is 0.347. The summed E-state index contributed by atoms with van der Waals surface area (Å²) in [5.41, 5.74) is 0.885. The van der Waals surface area contributed by atoms with E-state index in [9.17, 15) is 9.59 Å². The first-order valence-electron chi connectivity index (χ1n) is 9.52. The molecule has 0 unspecified atom stereocenters. The molecule has 9 heteroatoms. The number of hydrogen-bond donors (Lipinski definition) is 1. The van der Waals surface area contributed by atoms with Crippen molar-refractivity contribution in [3.8, 4) is 0 Å². The fourth-order valence-corrected chi connectivity index (χ4v) is 5.46. The third kappa shape index (κ3) is 4.47. The van der Waals surface area contributed by atoms with Crippen LogP contribution in [0.5, 0.6) is 0 Å². The molecule has 2 aromatic carbocycles. The van der Waals surface area contributed by atoms with E-state index in [2.05, 4.69) is 10.3 Å². The Morgan fingerprint density at radius 1 is 1.13 bits per heavy atom. The van der Waals surface area contributed by atoms with Crippen molar-refractivity contribution in [3.63, 3.8) is 0 Å². The molecule has 0 atom stereocenters. The Balaban J connectivity index is 1.60. The summed E-state index contributed by atoms with van der Waals surface area (Å²) in [6, 6.07) is 10.4. The van der Waals surface area contributed by atoms with Gasteiger partial charge >= 0.3 is 0 Å². The van der Waals surface area contributed by atoms with Crippen LogP contribution in [0, 0.1) is 0 Å². The number of rotatable bonds is 5. The van der Waals surface area contributed by atoms with Crippen LogP contribution >= 0.6 is 46.6 Å². The lowest BCUT2D eigenvalue weighted by Crippen LogP contribution is -2.27. The molecule has 0 saturated heterocycles. The molecular formula is C21H18Cl3N3O2S. The molecule has 1 aromatic heterocycles. The van der Waals surface area contributed by atoms with Gasteiger partial charge in [0.05, 0.1) is 32.4 Å². The minimum atomic E-state index is -0.300. The lowest BCUT2D eigenvalue weighted by Gasteiger charge is -2.18. The third-order valence-electron chi connectivity index (χ3n) is 5.07. The van der Waals surface area contributed by atoms with Crippen LogP contribution in [0.15, 0.2) is 46.3 Å². The highest BCUT2D eigenvalue weighted by molar-refractivity contribution is 7.99. The first-order valence-corrected chi connectivity index (χ1v) is 11.6. The second-order valence-electron chi connectivity index (χ2n) is 7.11. The molecule has 4 rings (SSSR count). The van der Waals surface area contributed by atoms with Gasteiger partial charge in [0, 0.05) is 11.1 Å². The smallest absolute Gasteiger partial charge is 0.262 e. The highest BCUT2D eigenvalue weighted by Gasteiger charge is 2.23. The number of carbonyl (C=O) groups is 1. The molecule has 0 bridgehead atoms. The molecule has 1 N–H and O–H groups in total. The molecule has 0 spiro atoms. The highest BCUT2D eigenvalue weighted by Crippen LogP contribution is 2.35. The first kappa shape index (κ1) is 21.5. The lowest BCUT2D eigenvalue weighted by molar-refractivity contribution is -0.113. The number of thioether (sulfide) groups is 1. The van der Waals surface area contributed by atoms with E-state index in [1.54, 1.807) is 10.6 Å². The predicted octanol–water partition coefficient (Wildman–Crippen LogP) is 6.20. The summed E-state index contributed by atoms with van der Waals surface area (Å²) >= 11 is 19.4. The molecule has 1 amide bonds. The van der Waals surface area contributed by atoms with Crippen molar-refractivity contribution in [3.05, 3.63) is 61.8 Å². The number of fused-ring (bicyclic) bond motifs is 1. The SMILES string of the molecule is O=C(CSc1nc2ccccc2c(=O)n1C1CCCC1)Nc1c(Cl)cc(Cl)cc1Cl. The van der Waals surface area contributed by atoms with Crippen LogP contribution < -0.4 is 10.9 Å². The van der Waals surface area contributed by atoms with Gasteiger partial charge in [-0.25, -0.2) is 4.98 Å². The second kappa shape index (κ2) is 9.18. The minimum absolute atomic E-state index is 0.0563. The fraction of sp³-hybridized carbons (Fsp3) is 0.286. The van der Waals surface area contributed by atoms with Crippen molar-refractivity contribution in [1.82, 2.24) is 9.55 Å². The summed E-state index contributed by atoms with van der Waals surface area (Å²) in [5, 5.41) is 4.78. The number of anilines is 1. The zero-order valence-corrected chi connectivity index (χ0v) is 18.9. The number of nitrogens with zero attached hydrogens (tertiary/aromatic N) is 2. The van der Waals surface area contributed by atoms with Crippen molar-refractivity contribution < 1.29 is 4.79 Å². The number of aromatic nitrogens is 2. The third-order valence-corrected chi connectivity index (χ3v) is 6.84. The average molecular weight is 483 g/mol. The summed E-state index contributed by atoms with van der Waals surface area (Å²) in [6.45, 7) is 0. The number of nitrogens with one attached hydrogen (secondary N) is 1. The van der Waals surface area contributed by atoms with Gasteiger partial charge in [-0.3, -0.25) is 14.2 Å². The summed E-state index contributed by atoms with van der Waals surface area (Å²) in [6.07, 6.45) is 4.05. The Hall–Kier alpha value is -1.73. The van der Waals surface area contributed by atoms with E-state index in [0.717, 1.165) is 25.7 Å². The van der Waals surface area contributed by atoms with Gasteiger partial charge in [-0.1, -0.05) is 71.5 Å². The van der Waals surface area contributed by atoms with Crippen LogP contribution in [0.3, 0.4) is 0 Å². The standard InChI is InChI=1S/C21H18Cl3N3O2S/c22-12-9-15(23)19(16(24)10-12)26-18(28)11-30-21-25-17-8-4-3-7-14(17)20(29)27(21)13-5-1-2-6-13/h3-4,7-10,13H,1-2,5-6,11H2,(H,26,28). The van der Waals surface area contributed by atoms with E-state index < -0.39 is 0 Å². The van der Waals surface area contributed by atoms with Gasteiger partial charge < -0.3 is 5.32 Å². The monoisotopic (exact) mass is 481 g/mol. The number of carbonyl (C=O) groups excluding carboxylic acids is 1. The Bertz CT molecular complexity index is 1150. The van der Waals surface area contributed by atoms with Gasteiger partial charge in [0.25, 0.3) is 5.56 Å². The number of halogens is 3. The van der Waals surface area contributed by atoms with Gasteiger partial charge in [-0.2, -0.15) is 0 Å². The van der Waals surface area contributed by atoms with Crippen LogP contribution in [-0.2, 0) is 4.79 Å². The molecular weight excluding hydrogens is 465 g/mol. The molecule has 0 aliphatic heterocycles. The van der Waals surface area contributed by atoms with E-state index >= 15 is 0 Å². The number of para-hydroxylation sites is 1. The van der Waals surface area contributed by atoms with E-state index in [1.807, 2.05) is 18.2 Å². The van der Waals surface area contributed by atoms with Gasteiger partial charge in [0.2, 0.25) is 5.91 Å². The number of amides is 1. The zero-order valence-electron chi connectivity index (χ0n) is 15.8. The molecule has 30 heavy (non-hydrogen) atoms. The van der Waals surface area contributed by atoms with Crippen molar-refractivity contribution in [2.24, 2.45) is 0 Å². The summed E-state index contributed by atoms with van der Waals surface area (Å²) < 4.78 is 1.76. The maximum absolute atomic E-state index is 13.2. The van der Waals surface area contributed by atoms with Crippen LogP contribution in [-0.4, -0.2) is 21.2 Å². The Morgan fingerprint density at radius 2 is 1.80 bits per heavy atom. The largest absolute Gasteiger partial charge is 0.323 e. The second-order valence-corrected chi connectivity index (χ2v) is 9.30. The average Bonchev–Trinajstić information content (AvgIpc) is 3.23. The van der Waals surface area contributed by atoms with Crippen LogP contribution in [0.4, 0.5) is 5.69 Å².